The van der Waals surface area contributed by atoms with Crippen LogP contribution in [0.15, 0.2) is 42.5 Å². The van der Waals surface area contributed by atoms with Crippen molar-refractivity contribution in [3.63, 3.8) is 0 Å². The van der Waals surface area contributed by atoms with E-state index in [4.69, 9.17) is 0 Å². The van der Waals surface area contributed by atoms with E-state index in [2.05, 4.69) is 23.3 Å². The Morgan fingerprint density at radius 3 is 2.53 bits per heavy atom. The predicted octanol–water partition coefficient (Wildman–Crippen LogP) is 1.59. The minimum Gasteiger partial charge on any atom is -0.355 e. The second-order valence-corrected chi connectivity index (χ2v) is 4.06. The summed E-state index contributed by atoms with van der Waals surface area (Å²) in [6, 6.07) is 7.52. The standard InChI is InChI=1S/C14H16N2O/c1-10(7-11-8-16-9-11)12-5-3-4-6-13(12)14(17)15-2/h3-7,16H,1,8-9H2,2H3,(H,15,17). The average molecular weight is 228 g/mol. The van der Waals surface area contributed by atoms with Gasteiger partial charge in [0.15, 0.2) is 0 Å². The van der Waals surface area contributed by atoms with Crippen LogP contribution in [-0.2, 0) is 0 Å². The fourth-order valence-electron chi connectivity index (χ4n) is 1.79. The summed E-state index contributed by atoms with van der Waals surface area (Å²) in [5.41, 5.74) is 3.78. The van der Waals surface area contributed by atoms with Crippen LogP contribution in [0.4, 0.5) is 0 Å². The molecule has 1 amide bonds. The Kier molecular flexibility index (Phi) is 3.40. The molecule has 0 aliphatic carbocycles. The Balaban J connectivity index is 2.31. The molecule has 0 radical (unpaired) electrons. The van der Waals surface area contributed by atoms with Crippen LogP contribution < -0.4 is 10.6 Å². The van der Waals surface area contributed by atoms with Gasteiger partial charge in [0.2, 0.25) is 0 Å². The van der Waals surface area contributed by atoms with Gasteiger partial charge in [0.25, 0.3) is 5.91 Å². The third kappa shape index (κ3) is 2.45. The van der Waals surface area contributed by atoms with Crippen LogP contribution >= 0.6 is 0 Å². The van der Waals surface area contributed by atoms with E-state index in [-0.39, 0.29) is 5.91 Å². The predicted molar refractivity (Wildman–Crippen MR) is 69.8 cm³/mol. The number of hydrogen-bond acceptors (Lipinski definition) is 2. The van der Waals surface area contributed by atoms with Gasteiger partial charge in [0, 0.05) is 25.7 Å². The van der Waals surface area contributed by atoms with E-state index >= 15 is 0 Å². The van der Waals surface area contributed by atoms with Gasteiger partial charge in [-0.1, -0.05) is 30.9 Å². The van der Waals surface area contributed by atoms with Crippen LogP contribution in [0.5, 0.6) is 0 Å². The van der Waals surface area contributed by atoms with Crippen LogP contribution in [0.3, 0.4) is 0 Å². The molecule has 1 aromatic rings. The highest BCUT2D eigenvalue weighted by molar-refractivity contribution is 5.99. The summed E-state index contributed by atoms with van der Waals surface area (Å²) in [5.74, 6) is -0.0770. The van der Waals surface area contributed by atoms with Gasteiger partial charge >= 0.3 is 0 Å². The lowest BCUT2D eigenvalue weighted by atomic mass is 9.97. The number of carbonyl (C=O) groups excluding carboxylic acids is 1. The van der Waals surface area contributed by atoms with Gasteiger partial charge in [-0.05, 0) is 22.8 Å². The molecule has 1 fully saturated rings. The largest absolute Gasteiger partial charge is 0.355 e. The number of rotatable bonds is 3. The van der Waals surface area contributed by atoms with E-state index in [1.807, 2.05) is 24.3 Å². The number of allylic oxidation sites excluding steroid dienone is 2. The number of amides is 1. The van der Waals surface area contributed by atoms with Crippen molar-refractivity contribution in [2.75, 3.05) is 20.1 Å². The van der Waals surface area contributed by atoms with Crippen LogP contribution in [-0.4, -0.2) is 26.0 Å². The first-order valence-electron chi connectivity index (χ1n) is 5.63. The molecule has 0 saturated carbocycles. The first-order chi connectivity index (χ1) is 8.22. The number of nitrogens with one attached hydrogen (secondary N) is 2. The van der Waals surface area contributed by atoms with Crippen molar-refractivity contribution >= 4 is 11.5 Å². The molecule has 0 atom stereocenters. The minimum absolute atomic E-state index is 0.0770. The Bertz CT molecular complexity index is 483. The smallest absolute Gasteiger partial charge is 0.251 e. The van der Waals surface area contributed by atoms with Crippen molar-refractivity contribution < 1.29 is 4.79 Å². The topological polar surface area (TPSA) is 41.1 Å². The zero-order chi connectivity index (χ0) is 12.3. The fourth-order valence-corrected chi connectivity index (χ4v) is 1.79. The summed E-state index contributed by atoms with van der Waals surface area (Å²) in [7, 11) is 1.64. The highest BCUT2D eigenvalue weighted by atomic mass is 16.1. The zero-order valence-corrected chi connectivity index (χ0v) is 9.92. The van der Waals surface area contributed by atoms with Crippen molar-refractivity contribution in [2.45, 2.75) is 0 Å². The molecular weight excluding hydrogens is 212 g/mol. The normalized spacial score (nSPS) is 13.8. The average Bonchev–Trinajstić information content (AvgIpc) is 2.32. The van der Waals surface area contributed by atoms with E-state index in [9.17, 15) is 4.79 Å². The van der Waals surface area contributed by atoms with Gasteiger partial charge in [-0.2, -0.15) is 0 Å². The molecule has 3 heteroatoms. The lowest BCUT2D eigenvalue weighted by Crippen LogP contribution is -2.33. The molecule has 0 aromatic heterocycles. The van der Waals surface area contributed by atoms with Crippen molar-refractivity contribution in [3.8, 4) is 0 Å². The third-order valence-corrected chi connectivity index (χ3v) is 2.83. The Hall–Kier alpha value is -1.87. The van der Waals surface area contributed by atoms with Gasteiger partial charge in [-0.15, -0.1) is 0 Å². The third-order valence-electron chi connectivity index (χ3n) is 2.83. The van der Waals surface area contributed by atoms with Crippen LogP contribution in [0.1, 0.15) is 15.9 Å². The van der Waals surface area contributed by atoms with Crippen molar-refractivity contribution in [1.82, 2.24) is 10.6 Å². The van der Waals surface area contributed by atoms with Gasteiger partial charge < -0.3 is 10.6 Å². The maximum absolute atomic E-state index is 11.7. The Morgan fingerprint density at radius 2 is 2.00 bits per heavy atom. The van der Waals surface area contributed by atoms with Crippen molar-refractivity contribution in [1.29, 1.82) is 0 Å². The molecule has 3 nitrogen and oxygen atoms in total. The quantitative estimate of drug-likeness (QED) is 0.825. The molecule has 0 bridgehead atoms. The van der Waals surface area contributed by atoms with E-state index in [0.717, 1.165) is 24.2 Å². The number of carbonyl (C=O) groups is 1. The highest BCUT2D eigenvalue weighted by Gasteiger charge is 2.12. The Morgan fingerprint density at radius 1 is 1.35 bits per heavy atom. The monoisotopic (exact) mass is 228 g/mol. The molecule has 1 aliphatic rings. The van der Waals surface area contributed by atoms with Crippen molar-refractivity contribution in [2.24, 2.45) is 0 Å². The SMILES string of the molecule is C=C(C=C1CNC1)c1ccccc1C(=O)NC. The molecule has 2 rings (SSSR count). The van der Waals surface area contributed by atoms with Gasteiger partial charge in [0.1, 0.15) is 0 Å². The summed E-state index contributed by atoms with van der Waals surface area (Å²) in [5, 5.41) is 5.82. The maximum Gasteiger partial charge on any atom is 0.251 e. The van der Waals surface area contributed by atoms with Gasteiger partial charge in [-0.25, -0.2) is 0 Å². The Labute approximate surface area is 101 Å². The van der Waals surface area contributed by atoms with E-state index in [0.29, 0.717) is 5.56 Å². The maximum atomic E-state index is 11.7. The summed E-state index contributed by atoms with van der Waals surface area (Å²) in [6.45, 7) is 5.88. The summed E-state index contributed by atoms with van der Waals surface area (Å²) < 4.78 is 0. The van der Waals surface area contributed by atoms with E-state index in [1.165, 1.54) is 5.57 Å². The fraction of sp³-hybridized carbons (Fsp3) is 0.214. The van der Waals surface area contributed by atoms with Crippen LogP contribution in [0, 0.1) is 0 Å². The number of benzene rings is 1. The zero-order valence-electron chi connectivity index (χ0n) is 9.92. The highest BCUT2D eigenvalue weighted by Crippen LogP contribution is 2.21. The van der Waals surface area contributed by atoms with Crippen LogP contribution in [0.2, 0.25) is 0 Å². The first-order valence-corrected chi connectivity index (χ1v) is 5.63. The van der Waals surface area contributed by atoms with E-state index < -0.39 is 0 Å². The van der Waals surface area contributed by atoms with Crippen LogP contribution in [0.25, 0.3) is 5.57 Å². The summed E-state index contributed by atoms with van der Waals surface area (Å²) in [4.78, 5) is 11.7. The number of hydrogen-bond donors (Lipinski definition) is 2. The minimum atomic E-state index is -0.0770. The lowest BCUT2D eigenvalue weighted by Gasteiger charge is -2.19. The summed E-state index contributed by atoms with van der Waals surface area (Å²) >= 11 is 0. The van der Waals surface area contributed by atoms with E-state index in [1.54, 1.807) is 7.05 Å². The molecule has 0 unspecified atom stereocenters. The first kappa shape index (κ1) is 11.6. The van der Waals surface area contributed by atoms with Gasteiger partial charge in [0.05, 0.1) is 0 Å². The lowest BCUT2D eigenvalue weighted by molar-refractivity contribution is 0.0963. The molecule has 17 heavy (non-hydrogen) atoms. The summed E-state index contributed by atoms with van der Waals surface area (Å²) in [6.07, 6.45) is 2.05. The molecular formula is C14H16N2O. The molecule has 1 heterocycles. The molecule has 88 valence electrons. The molecule has 1 aromatic carbocycles. The molecule has 1 aliphatic heterocycles. The van der Waals surface area contributed by atoms with Gasteiger partial charge in [-0.3, -0.25) is 4.79 Å². The molecule has 2 N–H and O–H groups in total. The van der Waals surface area contributed by atoms with Crippen molar-refractivity contribution in [3.05, 3.63) is 53.6 Å². The second kappa shape index (κ2) is 4.97. The molecule has 1 saturated heterocycles. The molecule has 0 spiro atoms. The second-order valence-electron chi connectivity index (χ2n) is 4.06.